The molecule has 6 heteroatoms. The van der Waals surface area contributed by atoms with Gasteiger partial charge in [0.1, 0.15) is 6.04 Å². The summed E-state index contributed by atoms with van der Waals surface area (Å²) in [6.45, 7) is 7.18. The quantitative estimate of drug-likeness (QED) is 0.878. The van der Waals surface area contributed by atoms with E-state index in [0.29, 0.717) is 25.9 Å². The molecule has 2 aliphatic heterocycles. The van der Waals surface area contributed by atoms with Gasteiger partial charge < -0.3 is 14.9 Å². The van der Waals surface area contributed by atoms with Crippen LogP contribution in [0.4, 0.5) is 5.69 Å². The summed E-state index contributed by atoms with van der Waals surface area (Å²) in [5.74, 6) is -0.899. The third-order valence-corrected chi connectivity index (χ3v) is 5.24. The van der Waals surface area contributed by atoms with Crippen molar-refractivity contribution in [3.8, 4) is 0 Å². The summed E-state index contributed by atoms with van der Waals surface area (Å²) in [7, 11) is 0. The average Bonchev–Trinajstić information content (AvgIpc) is 3.10. The lowest BCUT2D eigenvalue weighted by molar-refractivity contribution is -0.148. The number of aryl methyl sites for hydroxylation is 1. The molecule has 0 aromatic heterocycles. The van der Waals surface area contributed by atoms with Gasteiger partial charge in [-0.25, -0.2) is 4.79 Å². The van der Waals surface area contributed by atoms with Crippen LogP contribution in [0.15, 0.2) is 24.3 Å². The summed E-state index contributed by atoms with van der Waals surface area (Å²) in [4.78, 5) is 29.8. The van der Waals surface area contributed by atoms with Crippen molar-refractivity contribution < 1.29 is 14.7 Å². The minimum absolute atomic E-state index is 0.0222. The van der Waals surface area contributed by atoms with Crippen LogP contribution in [0.1, 0.15) is 24.8 Å². The Labute approximate surface area is 149 Å². The first-order chi connectivity index (χ1) is 12.0. The maximum absolute atomic E-state index is 12.4. The molecule has 0 radical (unpaired) electrons. The average molecular weight is 345 g/mol. The van der Waals surface area contributed by atoms with Crippen LogP contribution >= 0.6 is 0 Å². The number of anilines is 1. The van der Waals surface area contributed by atoms with E-state index in [-0.39, 0.29) is 5.91 Å². The number of carboxylic acids is 1. The predicted octanol–water partition coefficient (Wildman–Crippen LogP) is 1.58. The van der Waals surface area contributed by atoms with Crippen molar-refractivity contribution in [2.24, 2.45) is 0 Å². The number of nitrogens with zero attached hydrogens (tertiary/aromatic N) is 3. The third kappa shape index (κ3) is 4.31. The van der Waals surface area contributed by atoms with Gasteiger partial charge in [-0.15, -0.1) is 0 Å². The molecule has 6 nitrogen and oxygen atoms in total. The molecule has 25 heavy (non-hydrogen) atoms. The van der Waals surface area contributed by atoms with Gasteiger partial charge in [0.05, 0.1) is 0 Å². The first kappa shape index (κ1) is 17.7. The highest BCUT2D eigenvalue weighted by Crippen LogP contribution is 2.20. The van der Waals surface area contributed by atoms with Gasteiger partial charge in [0.15, 0.2) is 0 Å². The van der Waals surface area contributed by atoms with E-state index in [4.69, 9.17) is 0 Å². The maximum atomic E-state index is 12.4. The van der Waals surface area contributed by atoms with Gasteiger partial charge in [0.2, 0.25) is 5.91 Å². The zero-order valence-electron chi connectivity index (χ0n) is 14.9. The Bertz CT molecular complexity index is 626. The molecule has 2 aliphatic rings. The molecule has 1 aromatic rings. The van der Waals surface area contributed by atoms with Crippen LogP contribution in [0.25, 0.3) is 0 Å². The van der Waals surface area contributed by atoms with Crippen molar-refractivity contribution in [1.82, 2.24) is 9.80 Å². The van der Waals surface area contributed by atoms with Crippen LogP contribution in [0.2, 0.25) is 0 Å². The van der Waals surface area contributed by atoms with Gasteiger partial charge in [-0.2, -0.15) is 0 Å². The van der Waals surface area contributed by atoms with Crippen LogP contribution in [0.3, 0.4) is 0 Å². The zero-order chi connectivity index (χ0) is 17.8. The Morgan fingerprint density at radius 2 is 1.92 bits per heavy atom. The van der Waals surface area contributed by atoms with E-state index in [9.17, 15) is 14.7 Å². The molecule has 2 fully saturated rings. The molecule has 1 N–H and O–H groups in total. The number of hydrogen-bond donors (Lipinski definition) is 1. The highest BCUT2D eigenvalue weighted by atomic mass is 16.4. The number of aliphatic carboxylic acids is 1. The van der Waals surface area contributed by atoms with Gasteiger partial charge in [-0.3, -0.25) is 9.69 Å². The largest absolute Gasteiger partial charge is 0.480 e. The summed E-state index contributed by atoms with van der Waals surface area (Å²) >= 11 is 0. The van der Waals surface area contributed by atoms with Crippen molar-refractivity contribution in [3.05, 3.63) is 29.8 Å². The van der Waals surface area contributed by atoms with Crippen molar-refractivity contribution >= 4 is 17.6 Å². The second-order valence-corrected chi connectivity index (χ2v) is 7.00. The molecular formula is C19H27N3O3. The smallest absolute Gasteiger partial charge is 0.326 e. The lowest BCUT2D eigenvalue weighted by Gasteiger charge is -2.36. The molecule has 0 bridgehead atoms. The number of carbonyl (C=O) groups excluding carboxylic acids is 1. The number of rotatable bonds is 5. The van der Waals surface area contributed by atoms with E-state index in [0.717, 1.165) is 32.6 Å². The van der Waals surface area contributed by atoms with Gasteiger partial charge in [0.25, 0.3) is 0 Å². The molecule has 3 rings (SSSR count). The Morgan fingerprint density at radius 1 is 1.16 bits per heavy atom. The van der Waals surface area contributed by atoms with Crippen molar-refractivity contribution in [2.45, 2.75) is 32.2 Å². The normalized spacial score (nSPS) is 21.6. The summed E-state index contributed by atoms with van der Waals surface area (Å²) in [5.41, 5.74) is 2.53. The maximum Gasteiger partial charge on any atom is 0.326 e. The number of amides is 1. The lowest BCUT2D eigenvalue weighted by Crippen LogP contribution is -2.48. The molecule has 1 atom stereocenters. The topological polar surface area (TPSA) is 64.1 Å². The van der Waals surface area contributed by atoms with E-state index >= 15 is 0 Å². The third-order valence-electron chi connectivity index (χ3n) is 5.24. The fourth-order valence-corrected chi connectivity index (χ4v) is 3.77. The van der Waals surface area contributed by atoms with E-state index in [1.165, 1.54) is 11.3 Å². The number of carbonyl (C=O) groups is 2. The summed E-state index contributed by atoms with van der Waals surface area (Å²) in [5, 5.41) is 9.20. The van der Waals surface area contributed by atoms with Crippen LogP contribution in [-0.4, -0.2) is 72.1 Å². The summed E-state index contributed by atoms with van der Waals surface area (Å²) in [6, 6.07) is 7.92. The SMILES string of the molecule is Cc1cccc(N2CCN(CCC(=O)N3CCC[C@@H]3C(=O)O)CC2)c1. The number of hydrogen-bond acceptors (Lipinski definition) is 4. The van der Waals surface area contributed by atoms with Crippen molar-refractivity contribution in [2.75, 3.05) is 44.2 Å². The van der Waals surface area contributed by atoms with E-state index in [1.807, 2.05) is 0 Å². The number of carboxylic acid groups (broad SMARTS) is 1. The molecule has 0 saturated carbocycles. The second-order valence-electron chi connectivity index (χ2n) is 7.00. The van der Waals surface area contributed by atoms with Gasteiger partial charge in [-0.05, 0) is 37.5 Å². The molecule has 136 valence electrons. The molecule has 0 aliphatic carbocycles. The minimum atomic E-state index is -0.877. The molecule has 2 heterocycles. The van der Waals surface area contributed by atoms with Crippen molar-refractivity contribution in [1.29, 1.82) is 0 Å². The summed E-state index contributed by atoms with van der Waals surface area (Å²) in [6.07, 6.45) is 1.78. The van der Waals surface area contributed by atoms with Gasteiger partial charge >= 0.3 is 5.97 Å². The number of benzene rings is 1. The fraction of sp³-hybridized carbons (Fsp3) is 0.579. The molecule has 1 amide bonds. The van der Waals surface area contributed by atoms with E-state index in [2.05, 4.69) is 41.0 Å². The number of piperazine rings is 1. The molecule has 0 unspecified atom stereocenters. The highest BCUT2D eigenvalue weighted by Gasteiger charge is 2.33. The van der Waals surface area contributed by atoms with E-state index < -0.39 is 12.0 Å². The Morgan fingerprint density at radius 3 is 2.60 bits per heavy atom. The van der Waals surface area contributed by atoms with Crippen molar-refractivity contribution in [3.63, 3.8) is 0 Å². The zero-order valence-corrected chi connectivity index (χ0v) is 14.9. The summed E-state index contributed by atoms with van der Waals surface area (Å²) < 4.78 is 0. The van der Waals surface area contributed by atoms with Crippen LogP contribution in [0, 0.1) is 6.92 Å². The fourth-order valence-electron chi connectivity index (χ4n) is 3.77. The Kier molecular flexibility index (Phi) is 5.58. The monoisotopic (exact) mass is 345 g/mol. The second kappa shape index (κ2) is 7.87. The van der Waals surface area contributed by atoms with E-state index in [1.54, 1.807) is 4.90 Å². The van der Waals surface area contributed by atoms with Crippen LogP contribution in [-0.2, 0) is 9.59 Å². The van der Waals surface area contributed by atoms with Crippen LogP contribution < -0.4 is 4.90 Å². The molecule has 2 saturated heterocycles. The first-order valence-corrected chi connectivity index (χ1v) is 9.11. The molecule has 0 spiro atoms. The standard InChI is InChI=1S/C19H27N3O3/c1-15-4-2-5-16(14-15)21-12-10-20(11-13-21)9-7-18(23)22-8-3-6-17(22)19(24)25/h2,4-5,14,17H,3,6-13H2,1H3,(H,24,25)/t17-/m1/s1. The lowest BCUT2D eigenvalue weighted by atomic mass is 10.2. The van der Waals surface area contributed by atoms with Crippen LogP contribution in [0.5, 0.6) is 0 Å². The number of likely N-dealkylation sites (tertiary alicyclic amines) is 1. The minimum Gasteiger partial charge on any atom is -0.480 e. The highest BCUT2D eigenvalue weighted by molar-refractivity contribution is 5.84. The molecular weight excluding hydrogens is 318 g/mol. The van der Waals surface area contributed by atoms with Gasteiger partial charge in [0, 0.05) is 51.4 Å². The first-order valence-electron chi connectivity index (χ1n) is 9.11. The molecule has 1 aromatic carbocycles. The Balaban J connectivity index is 1.45. The predicted molar refractivity (Wildman–Crippen MR) is 96.8 cm³/mol. The van der Waals surface area contributed by atoms with Gasteiger partial charge in [-0.1, -0.05) is 12.1 Å². The Hall–Kier alpha value is -2.08.